The van der Waals surface area contributed by atoms with Crippen LogP contribution in [-0.2, 0) is 18.0 Å². The molecule has 5 atom stereocenters. The minimum atomic E-state index is -2.45. The minimum Gasteiger partial charge on any atom is -0.408 e. The molecule has 10 nitrogen and oxygen atoms in total. The average molecular weight is 738 g/mol. The number of fused-ring (bicyclic) bond motifs is 2. The molecule has 50 heavy (non-hydrogen) atoms. The lowest BCUT2D eigenvalue weighted by atomic mass is 9.97. The van der Waals surface area contributed by atoms with Crippen LogP contribution in [0.1, 0.15) is 80.2 Å². The first kappa shape index (κ1) is 38.7. The molecule has 274 valence electrons. The van der Waals surface area contributed by atoms with Gasteiger partial charge in [-0.05, 0) is 60.5 Å². The Morgan fingerprint density at radius 3 is 1.94 bits per heavy atom. The summed E-state index contributed by atoms with van der Waals surface area (Å²) < 4.78 is 31.7. The Labute approximate surface area is 301 Å². The molecule has 0 saturated carbocycles. The number of aromatic amines is 1. The number of benzene rings is 1. The van der Waals surface area contributed by atoms with Crippen LogP contribution in [0.4, 0.5) is 0 Å². The van der Waals surface area contributed by atoms with Gasteiger partial charge in [-0.25, -0.2) is 9.97 Å². The zero-order chi connectivity index (χ0) is 37.2. The Bertz CT molecular complexity index is 1880. The summed E-state index contributed by atoms with van der Waals surface area (Å²) in [4.78, 5) is 29.5. The Morgan fingerprint density at radius 2 is 1.34 bits per heavy atom. The molecule has 5 rings (SSSR count). The molecule has 1 unspecified atom stereocenters. The van der Waals surface area contributed by atoms with Gasteiger partial charge >= 0.3 is 0 Å². The quantitative estimate of drug-likeness (QED) is 0.169. The lowest BCUT2D eigenvalue weighted by Crippen LogP contribution is -2.55. The van der Waals surface area contributed by atoms with E-state index in [1.54, 1.807) is 6.33 Å². The second-order valence-electron chi connectivity index (χ2n) is 18.5. The summed E-state index contributed by atoms with van der Waals surface area (Å²) in [6, 6.07) is 10.3. The van der Waals surface area contributed by atoms with Crippen molar-refractivity contribution in [3.63, 3.8) is 0 Å². The van der Waals surface area contributed by atoms with E-state index in [-0.39, 0.29) is 26.2 Å². The van der Waals surface area contributed by atoms with Crippen molar-refractivity contribution in [1.29, 1.82) is 0 Å². The molecule has 0 aliphatic carbocycles. The Kier molecular flexibility index (Phi) is 10.2. The Morgan fingerprint density at radius 1 is 0.760 bits per heavy atom. The van der Waals surface area contributed by atoms with Crippen LogP contribution in [0.3, 0.4) is 0 Å². The van der Waals surface area contributed by atoms with Crippen LogP contribution in [0.25, 0.3) is 22.1 Å². The Balaban J connectivity index is 1.80. The minimum absolute atomic E-state index is 0.0837. The van der Waals surface area contributed by atoms with Crippen LogP contribution in [0.2, 0.25) is 54.4 Å². The third kappa shape index (κ3) is 7.24. The second kappa shape index (κ2) is 13.2. The molecule has 0 amide bonds. The highest BCUT2D eigenvalue weighted by Crippen LogP contribution is 2.51. The van der Waals surface area contributed by atoms with Crippen LogP contribution >= 0.6 is 0 Å². The van der Waals surface area contributed by atoms with Gasteiger partial charge in [0, 0.05) is 17.1 Å². The summed E-state index contributed by atoms with van der Waals surface area (Å²) in [6.07, 6.45) is 1.99. The van der Waals surface area contributed by atoms with E-state index in [0.29, 0.717) is 5.65 Å². The molecule has 1 aliphatic rings. The molecule has 13 heteroatoms. The van der Waals surface area contributed by atoms with Crippen LogP contribution in [0.5, 0.6) is 0 Å². The SMILES string of the molecule is CC(C)(C)[Si](C)(C)OC(c1cccc2cccnc12)[C@H]1O[C@@H](n2cnc3c(=O)[nH]cnc32)[C@H](O[Si](C)(C)C(C)(C)C)[C@@H]1O[Si](C)(C)C(C)(C)C. The third-order valence-electron chi connectivity index (χ3n) is 11.8. The normalized spacial score (nSPS) is 22.1. The van der Waals surface area contributed by atoms with Crippen molar-refractivity contribution >= 4 is 47.0 Å². The Hall–Kier alpha value is -2.53. The van der Waals surface area contributed by atoms with Gasteiger partial charge in [-0.15, -0.1) is 0 Å². The predicted octanol–water partition coefficient (Wildman–Crippen LogP) is 9.11. The summed E-state index contributed by atoms with van der Waals surface area (Å²) in [5, 5.41) is 0.757. The molecule has 4 aromatic rings. The number of rotatable bonds is 9. The lowest BCUT2D eigenvalue weighted by Gasteiger charge is -2.46. The summed E-state index contributed by atoms with van der Waals surface area (Å²) >= 11 is 0. The van der Waals surface area contributed by atoms with Crippen molar-refractivity contribution in [2.75, 3.05) is 0 Å². The first-order chi connectivity index (χ1) is 22.9. The van der Waals surface area contributed by atoms with Gasteiger partial charge in [-0.1, -0.05) is 86.6 Å². The van der Waals surface area contributed by atoms with Crippen molar-refractivity contribution in [3.8, 4) is 0 Å². The van der Waals surface area contributed by atoms with Gasteiger partial charge in [0.15, 0.2) is 42.3 Å². The second-order valence-corrected chi connectivity index (χ2v) is 32.7. The zero-order valence-electron chi connectivity index (χ0n) is 32.8. The van der Waals surface area contributed by atoms with Crippen molar-refractivity contribution in [2.24, 2.45) is 0 Å². The highest BCUT2D eigenvalue weighted by Gasteiger charge is 2.58. The maximum Gasteiger partial charge on any atom is 0.278 e. The largest absolute Gasteiger partial charge is 0.408 e. The maximum atomic E-state index is 12.9. The average Bonchev–Trinajstić information content (AvgIpc) is 3.56. The van der Waals surface area contributed by atoms with Gasteiger partial charge in [0.2, 0.25) is 0 Å². The molecule has 1 aromatic carbocycles. The number of nitrogens with one attached hydrogen (secondary N) is 1. The number of para-hydroxylation sites is 1. The van der Waals surface area contributed by atoms with E-state index in [1.807, 2.05) is 16.8 Å². The van der Waals surface area contributed by atoms with Gasteiger partial charge in [0.1, 0.15) is 24.4 Å². The van der Waals surface area contributed by atoms with Crippen molar-refractivity contribution in [3.05, 3.63) is 65.1 Å². The molecule has 1 saturated heterocycles. The van der Waals surface area contributed by atoms with Crippen molar-refractivity contribution < 1.29 is 18.0 Å². The summed E-state index contributed by atoms with van der Waals surface area (Å²) in [5.74, 6) is 0. The van der Waals surface area contributed by atoms with E-state index >= 15 is 0 Å². The van der Waals surface area contributed by atoms with Crippen LogP contribution in [-0.4, -0.2) is 67.8 Å². The highest BCUT2D eigenvalue weighted by molar-refractivity contribution is 6.75. The van der Waals surface area contributed by atoms with E-state index < -0.39 is 55.6 Å². The van der Waals surface area contributed by atoms with Crippen molar-refractivity contribution in [1.82, 2.24) is 24.5 Å². The zero-order valence-corrected chi connectivity index (χ0v) is 35.8. The van der Waals surface area contributed by atoms with Crippen LogP contribution in [0.15, 0.2) is 54.0 Å². The maximum absolute atomic E-state index is 12.9. The lowest BCUT2D eigenvalue weighted by molar-refractivity contribution is -0.0784. The van der Waals surface area contributed by atoms with Gasteiger partial charge in [0.05, 0.1) is 18.2 Å². The van der Waals surface area contributed by atoms with Gasteiger partial charge < -0.3 is 23.0 Å². The topological polar surface area (TPSA) is 113 Å². The van der Waals surface area contributed by atoms with Crippen LogP contribution < -0.4 is 5.56 Å². The molecule has 1 N–H and O–H groups in total. The molecule has 1 fully saturated rings. The van der Waals surface area contributed by atoms with E-state index in [2.05, 4.69) is 141 Å². The molecular weight excluding hydrogens is 679 g/mol. The third-order valence-corrected chi connectivity index (χ3v) is 25.2. The molecule has 0 bridgehead atoms. The van der Waals surface area contributed by atoms with E-state index in [1.165, 1.54) is 6.33 Å². The van der Waals surface area contributed by atoms with E-state index in [4.69, 9.17) is 23.0 Å². The van der Waals surface area contributed by atoms with Crippen LogP contribution in [0, 0.1) is 0 Å². The van der Waals surface area contributed by atoms with Gasteiger partial charge in [-0.3, -0.25) is 14.3 Å². The number of ether oxygens (including phenoxy) is 1. The number of hydrogen-bond acceptors (Lipinski definition) is 8. The molecule has 1 aliphatic heterocycles. The smallest absolute Gasteiger partial charge is 0.278 e. The van der Waals surface area contributed by atoms with Gasteiger partial charge in [0.25, 0.3) is 5.56 Å². The summed E-state index contributed by atoms with van der Waals surface area (Å²) in [6.45, 7) is 33.9. The number of aromatic nitrogens is 5. The molecular formula is C37H59N5O5Si3. The first-order valence-corrected chi connectivity index (χ1v) is 26.5. The summed E-state index contributed by atoms with van der Waals surface area (Å²) in [5.41, 5.74) is 2.21. The fraction of sp³-hybridized carbons (Fsp3) is 0.622. The summed E-state index contributed by atoms with van der Waals surface area (Å²) in [7, 11) is -7.32. The molecule has 0 spiro atoms. The number of imidazole rings is 1. The van der Waals surface area contributed by atoms with E-state index in [9.17, 15) is 4.79 Å². The van der Waals surface area contributed by atoms with Gasteiger partial charge in [-0.2, -0.15) is 0 Å². The number of pyridine rings is 1. The predicted molar refractivity (Wildman–Crippen MR) is 209 cm³/mol. The molecule has 3 aromatic heterocycles. The fourth-order valence-corrected chi connectivity index (χ4v) is 9.47. The first-order valence-electron chi connectivity index (χ1n) is 17.8. The van der Waals surface area contributed by atoms with E-state index in [0.717, 1.165) is 16.5 Å². The standard InChI is InChI=1S/C37H59N5O5Si3/c1-35(2,3)48(10,11)45-28(25-20-16-18-24-19-17-21-38-26(24)25)29-30(46-49(12,13)36(4,5)6)31(47-50(14,15)37(7,8)9)34(44-29)42-23-41-27-32(42)39-22-40-33(27)43/h16-23,28-31,34H,1-15H3,(H,39,40,43)/t28?,29-,30-,31-,34-/m1/s1. The monoisotopic (exact) mass is 737 g/mol. The number of nitrogens with zero attached hydrogens (tertiary/aromatic N) is 4. The molecule has 0 radical (unpaired) electrons. The van der Waals surface area contributed by atoms with Crippen molar-refractivity contribution in [2.45, 2.75) is 147 Å². The fourth-order valence-electron chi connectivity index (χ4n) is 5.63. The highest BCUT2D eigenvalue weighted by atomic mass is 28.4. The number of hydrogen-bond donors (Lipinski definition) is 1. The number of H-pyrrole nitrogens is 1. The molecule has 4 heterocycles.